The number of fused-ring (bicyclic) bond motifs is 1. The average molecular weight is 189 g/mol. The van der Waals surface area contributed by atoms with Gasteiger partial charge < -0.3 is 0 Å². The fourth-order valence-corrected chi connectivity index (χ4v) is 1.62. The number of amides is 2. The van der Waals surface area contributed by atoms with Gasteiger partial charge in [-0.25, -0.2) is 0 Å². The maximum Gasteiger partial charge on any atom is 0.260 e. The summed E-state index contributed by atoms with van der Waals surface area (Å²) in [6, 6.07) is 5.61. The molecule has 0 aliphatic carbocycles. The summed E-state index contributed by atoms with van der Waals surface area (Å²) in [6.45, 7) is 1.93. The van der Waals surface area contributed by atoms with Crippen LogP contribution in [0, 0.1) is 6.92 Å². The summed E-state index contributed by atoms with van der Waals surface area (Å²) in [6.07, 6.45) is 0.331. The van der Waals surface area contributed by atoms with E-state index in [9.17, 15) is 9.59 Å². The molecule has 0 saturated heterocycles. The molecule has 14 heavy (non-hydrogen) atoms. The van der Waals surface area contributed by atoms with Gasteiger partial charge in [0.05, 0.1) is 6.42 Å². The zero-order valence-electron chi connectivity index (χ0n) is 8.20. The predicted octanol–water partition coefficient (Wildman–Crippen LogP) is 1.15. The predicted molar refractivity (Wildman–Crippen MR) is 52.0 cm³/mol. The normalized spacial score (nSPS) is 15.7. The molecule has 1 aromatic rings. The van der Waals surface area contributed by atoms with E-state index in [1.54, 1.807) is 0 Å². The minimum Gasteiger partial charge on any atom is -0.281 e. The first-order valence-electron chi connectivity index (χ1n) is 4.50. The fraction of sp³-hybridized carbons (Fsp3) is 0.273. The first-order chi connectivity index (χ1) is 6.59. The zero-order valence-corrected chi connectivity index (χ0v) is 8.20. The van der Waals surface area contributed by atoms with Gasteiger partial charge in [0.25, 0.3) is 5.91 Å². The van der Waals surface area contributed by atoms with Crippen molar-refractivity contribution in [3.05, 3.63) is 34.9 Å². The molecule has 0 unspecified atom stereocenters. The Balaban J connectivity index is 2.57. The molecule has 0 spiro atoms. The third kappa shape index (κ3) is 1.21. The van der Waals surface area contributed by atoms with E-state index in [-0.39, 0.29) is 11.8 Å². The van der Waals surface area contributed by atoms with E-state index in [2.05, 4.69) is 0 Å². The van der Waals surface area contributed by atoms with E-state index < -0.39 is 0 Å². The number of hydrogen-bond donors (Lipinski definition) is 0. The Bertz CT molecular complexity index is 423. The van der Waals surface area contributed by atoms with E-state index in [0.29, 0.717) is 12.0 Å². The quantitative estimate of drug-likeness (QED) is 0.574. The monoisotopic (exact) mass is 189 g/mol. The molecule has 0 atom stereocenters. The highest BCUT2D eigenvalue weighted by Gasteiger charge is 2.27. The van der Waals surface area contributed by atoms with E-state index in [1.807, 2.05) is 25.1 Å². The summed E-state index contributed by atoms with van der Waals surface area (Å²) in [7, 11) is 1.52. The van der Waals surface area contributed by atoms with Gasteiger partial charge in [-0.1, -0.05) is 17.7 Å². The van der Waals surface area contributed by atoms with Gasteiger partial charge in [-0.15, -0.1) is 0 Å². The lowest BCUT2D eigenvalue weighted by Crippen LogP contribution is -2.39. The van der Waals surface area contributed by atoms with Crippen LogP contribution in [0.2, 0.25) is 0 Å². The van der Waals surface area contributed by atoms with E-state index in [1.165, 1.54) is 11.9 Å². The fourth-order valence-electron chi connectivity index (χ4n) is 1.62. The van der Waals surface area contributed by atoms with Crippen LogP contribution in [-0.2, 0) is 11.2 Å². The van der Waals surface area contributed by atoms with Gasteiger partial charge >= 0.3 is 0 Å². The smallest absolute Gasteiger partial charge is 0.260 e. The number of carbonyl (C=O) groups is 2. The Labute approximate surface area is 82.3 Å². The molecule has 1 heterocycles. The number of likely N-dealkylation sites (N-methyl/N-ethyl adjacent to an activating group) is 1. The van der Waals surface area contributed by atoms with Gasteiger partial charge in [0.1, 0.15) is 0 Å². The second-order valence-electron chi connectivity index (χ2n) is 3.60. The molecule has 1 aliphatic rings. The minimum atomic E-state index is -0.194. The number of hydrogen-bond acceptors (Lipinski definition) is 2. The molecule has 0 saturated carbocycles. The molecule has 2 amide bonds. The van der Waals surface area contributed by atoms with Gasteiger partial charge in [-0.3, -0.25) is 14.5 Å². The molecular weight excluding hydrogens is 178 g/mol. The molecule has 2 rings (SSSR count). The lowest BCUT2D eigenvalue weighted by Gasteiger charge is -2.23. The third-order valence-corrected chi connectivity index (χ3v) is 2.52. The second-order valence-corrected chi connectivity index (χ2v) is 3.60. The molecule has 0 fully saturated rings. The van der Waals surface area contributed by atoms with Gasteiger partial charge in [0.15, 0.2) is 0 Å². The Morgan fingerprint density at radius 3 is 2.71 bits per heavy atom. The summed E-state index contributed by atoms with van der Waals surface area (Å²) in [4.78, 5) is 24.2. The van der Waals surface area contributed by atoms with Crippen LogP contribution < -0.4 is 0 Å². The van der Waals surface area contributed by atoms with E-state index >= 15 is 0 Å². The van der Waals surface area contributed by atoms with Crippen molar-refractivity contribution in [1.29, 1.82) is 0 Å². The van der Waals surface area contributed by atoms with Gasteiger partial charge in [-0.05, 0) is 18.6 Å². The van der Waals surface area contributed by atoms with Crippen molar-refractivity contribution in [3.8, 4) is 0 Å². The maximum absolute atomic E-state index is 11.7. The van der Waals surface area contributed by atoms with Crippen LogP contribution in [0.3, 0.4) is 0 Å². The van der Waals surface area contributed by atoms with E-state index in [4.69, 9.17) is 0 Å². The van der Waals surface area contributed by atoms with Gasteiger partial charge in [0, 0.05) is 12.6 Å². The topological polar surface area (TPSA) is 37.4 Å². The molecular formula is C11H11NO2. The molecule has 0 aromatic heterocycles. The number of carbonyl (C=O) groups excluding carboxylic acids is 2. The Hall–Kier alpha value is -1.64. The molecule has 0 N–H and O–H groups in total. The number of benzene rings is 1. The highest BCUT2D eigenvalue weighted by molar-refractivity contribution is 6.09. The first-order valence-corrected chi connectivity index (χ1v) is 4.50. The molecule has 0 radical (unpaired) electrons. The van der Waals surface area contributed by atoms with Gasteiger partial charge in [0.2, 0.25) is 5.91 Å². The van der Waals surface area contributed by atoms with Crippen molar-refractivity contribution in [3.63, 3.8) is 0 Å². The summed E-state index contributed by atoms with van der Waals surface area (Å²) >= 11 is 0. The molecule has 72 valence electrons. The Morgan fingerprint density at radius 1 is 1.29 bits per heavy atom. The summed E-state index contributed by atoms with van der Waals surface area (Å²) < 4.78 is 0. The van der Waals surface area contributed by atoms with Crippen molar-refractivity contribution in [2.24, 2.45) is 0 Å². The van der Waals surface area contributed by atoms with Crippen LogP contribution in [0.5, 0.6) is 0 Å². The van der Waals surface area contributed by atoms with Crippen LogP contribution in [0.4, 0.5) is 0 Å². The number of nitrogens with zero attached hydrogens (tertiary/aromatic N) is 1. The van der Waals surface area contributed by atoms with Crippen LogP contribution in [0.25, 0.3) is 0 Å². The third-order valence-electron chi connectivity index (χ3n) is 2.52. The number of aryl methyl sites for hydroxylation is 1. The SMILES string of the molecule is Cc1ccc2c(c1)C(=O)N(C)C(=O)C2. The number of rotatable bonds is 0. The minimum absolute atomic E-state index is 0.133. The van der Waals surface area contributed by atoms with Crippen molar-refractivity contribution >= 4 is 11.8 Å². The van der Waals surface area contributed by atoms with Crippen LogP contribution in [-0.4, -0.2) is 23.8 Å². The maximum atomic E-state index is 11.7. The van der Waals surface area contributed by atoms with Crippen molar-refractivity contribution in [2.45, 2.75) is 13.3 Å². The second kappa shape index (κ2) is 2.94. The standard InChI is InChI=1S/C11H11NO2/c1-7-3-4-8-6-10(13)12(2)11(14)9(8)5-7/h3-5H,6H2,1-2H3. The summed E-state index contributed by atoms with van der Waals surface area (Å²) in [5.74, 6) is -0.327. The molecule has 1 aromatic carbocycles. The van der Waals surface area contributed by atoms with Crippen molar-refractivity contribution in [2.75, 3.05) is 7.05 Å². The summed E-state index contributed by atoms with van der Waals surface area (Å²) in [5.41, 5.74) is 2.54. The summed E-state index contributed by atoms with van der Waals surface area (Å²) in [5, 5.41) is 0. The Kier molecular flexibility index (Phi) is 1.88. The lowest BCUT2D eigenvalue weighted by molar-refractivity contribution is -0.127. The highest BCUT2D eigenvalue weighted by atomic mass is 16.2. The van der Waals surface area contributed by atoms with Crippen LogP contribution in [0.1, 0.15) is 21.5 Å². The molecule has 3 nitrogen and oxygen atoms in total. The van der Waals surface area contributed by atoms with Crippen LogP contribution >= 0.6 is 0 Å². The first kappa shape index (κ1) is 8.94. The Morgan fingerprint density at radius 2 is 2.00 bits per heavy atom. The lowest BCUT2D eigenvalue weighted by atomic mass is 9.97. The molecule has 1 aliphatic heterocycles. The van der Waals surface area contributed by atoms with E-state index in [0.717, 1.165) is 11.1 Å². The molecule has 0 bridgehead atoms. The van der Waals surface area contributed by atoms with Gasteiger partial charge in [-0.2, -0.15) is 0 Å². The number of imide groups is 1. The van der Waals surface area contributed by atoms with Crippen LogP contribution in [0.15, 0.2) is 18.2 Å². The highest BCUT2D eigenvalue weighted by Crippen LogP contribution is 2.19. The van der Waals surface area contributed by atoms with Crippen molar-refractivity contribution in [1.82, 2.24) is 4.90 Å². The average Bonchev–Trinajstić information content (AvgIpc) is 2.16. The zero-order chi connectivity index (χ0) is 10.3. The van der Waals surface area contributed by atoms with Crippen molar-refractivity contribution < 1.29 is 9.59 Å². The largest absolute Gasteiger partial charge is 0.281 e. The molecule has 3 heteroatoms.